The quantitative estimate of drug-likeness (QED) is 0.657. The van der Waals surface area contributed by atoms with E-state index in [-0.39, 0.29) is 23.2 Å². The van der Waals surface area contributed by atoms with Crippen LogP contribution in [-0.4, -0.2) is 28.3 Å². The molecule has 1 amide bonds. The van der Waals surface area contributed by atoms with E-state index in [1.165, 1.54) is 23.4 Å². The maximum Gasteiger partial charge on any atom is 0.330 e. The fourth-order valence-electron chi connectivity index (χ4n) is 2.39. The summed E-state index contributed by atoms with van der Waals surface area (Å²) >= 11 is 13.2. The van der Waals surface area contributed by atoms with Crippen LogP contribution >= 0.6 is 35.0 Å². The Morgan fingerprint density at radius 2 is 2.04 bits per heavy atom. The van der Waals surface area contributed by atoms with Crippen molar-refractivity contribution in [3.63, 3.8) is 0 Å². The van der Waals surface area contributed by atoms with E-state index < -0.39 is 11.2 Å². The number of aromatic nitrogens is 2. The molecule has 146 valence electrons. The van der Waals surface area contributed by atoms with Crippen molar-refractivity contribution in [2.45, 2.75) is 31.2 Å². The molecule has 1 heterocycles. The summed E-state index contributed by atoms with van der Waals surface area (Å²) in [7, 11) is 1.44. The molecule has 2 rings (SSSR count). The van der Waals surface area contributed by atoms with Crippen LogP contribution in [0.4, 0.5) is 11.5 Å². The number of nitrogens with two attached hydrogens (primary N) is 1. The first-order chi connectivity index (χ1) is 12.8. The number of carbonyl (C=O) groups excluding carboxylic acids is 1. The number of H-pyrrole nitrogens is 1. The van der Waals surface area contributed by atoms with Gasteiger partial charge in [-0.1, -0.05) is 36.5 Å². The fourth-order valence-corrected chi connectivity index (χ4v) is 3.80. The van der Waals surface area contributed by atoms with E-state index in [1.54, 1.807) is 18.2 Å². The Kier molecular flexibility index (Phi) is 7.41. The summed E-state index contributed by atoms with van der Waals surface area (Å²) in [6.07, 6.45) is 1.57. The average molecular weight is 431 g/mol. The molecule has 0 radical (unpaired) electrons. The van der Waals surface area contributed by atoms with Crippen molar-refractivity contribution in [3.05, 3.63) is 49.1 Å². The Morgan fingerprint density at radius 3 is 2.70 bits per heavy atom. The summed E-state index contributed by atoms with van der Waals surface area (Å²) in [5.41, 5.74) is 4.68. The van der Waals surface area contributed by atoms with Gasteiger partial charge in [-0.05, 0) is 24.6 Å². The molecule has 0 atom stereocenters. The molecule has 0 saturated heterocycles. The average Bonchev–Trinajstić information content (AvgIpc) is 2.61. The monoisotopic (exact) mass is 430 g/mol. The molecule has 0 unspecified atom stereocenters. The molecule has 0 aliphatic carbocycles. The van der Waals surface area contributed by atoms with Gasteiger partial charge in [0.1, 0.15) is 5.82 Å². The number of thioether (sulfide) groups is 1. The second-order valence-electron chi connectivity index (χ2n) is 5.81. The summed E-state index contributed by atoms with van der Waals surface area (Å²) in [6, 6.07) is 4.96. The lowest BCUT2D eigenvalue weighted by molar-refractivity contribution is -0.115. The Labute approximate surface area is 170 Å². The van der Waals surface area contributed by atoms with Gasteiger partial charge in [-0.15, -0.1) is 11.8 Å². The Morgan fingerprint density at radius 1 is 1.33 bits per heavy atom. The Bertz CT molecular complexity index is 958. The summed E-state index contributed by atoms with van der Waals surface area (Å²) < 4.78 is 1.27. The molecule has 2 aromatic rings. The number of nitrogens with zero attached hydrogens (tertiary/aromatic N) is 2. The topological polar surface area (TPSA) is 101 Å². The third-order valence-electron chi connectivity index (χ3n) is 3.90. The molecular weight excluding hydrogens is 411 g/mol. The van der Waals surface area contributed by atoms with Gasteiger partial charge in [0.2, 0.25) is 5.91 Å². The van der Waals surface area contributed by atoms with E-state index in [1.807, 2.05) is 6.92 Å². The zero-order valence-electron chi connectivity index (χ0n) is 14.9. The minimum atomic E-state index is -0.702. The standard InChI is InChI=1S/C17H20Cl2N4O3S/c1-3-4-7-23-15(20)14(16(25)21-17(23)26)22(2)13(24)9-27-12-8-10(18)5-6-11(12)19/h5-6,8H,3-4,7,9,20H2,1-2H3,(H,21,25,26). The molecule has 0 fully saturated rings. The van der Waals surface area contributed by atoms with E-state index in [4.69, 9.17) is 28.9 Å². The molecule has 3 N–H and O–H groups in total. The minimum Gasteiger partial charge on any atom is -0.383 e. The first-order valence-corrected chi connectivity index (χ1v) is 9.97. The number of aromatic amines is 1. The van der Waals surface area contributed by atoms with E-state index in [0.29, 0.717) is 21.5 Å². The number of carbonyl (C=O) groups is 1. The minimum absolute atomic E-state index is 0.0174. The normalized spacial score (nSPS) is 10.8. The van der Waals surface area contributed by atoms with Crippen LogP contribution in [0.3, 0.4) is 0 Å². The number of halogens is 2. The highest BCUT2D eigenvalue weighted by Crippen LogP contribution is 2.30. The van der Waals surface area contributed by atoms with Crippen LogP contribution in [0.15, 0.2) is 32.7 Å². The number of nitrogen functional groups attached to an aromatic ring is 1. The lowest BCUT2D eigenvalue weighted by Crippen LogP contribution is -2.39. The molecule has 0 saturated carbocycles. The molecule has 1 aromatic heterocycles. The fraction of sp³-hybridized carbons (Fsp3) is 0.353. The van der Waals surface area contributed by atoms with E-state index in [2.05, 4.69) is 4.98 Å². The predicted octanol–water partition coefficient (Wildman–Crippen LogP) is 2.98. The van der Waals surface area contributed by atoms with Crippen LogP contribution < -0.4 is 21.9 Å². The molecular formula is C17H20Cl2N4O3S. The van der Waals surface area contributed by atoms with E-state index >= 15 is 0 Å². The van der Waals surface area contributed by atoms with Crippen molar-refractivity contribution in [1.29, 1.82) is 0 Å². The lowest BCUT2D eigenvalue weighted by Gasteiger charge is -2.20. The number of benzene rings is 1. The van der Waals surface area contributed by atoms with Crippen LogP contribution in [0.2, 0.25) is 10.0 Å². The van der Waals surface area contributed by atoms with Gasteiger partial charge in [-0.25, -0.2) is 4.79 Å². The summed E-state index contributed by atoms with van der Waals surface area (Å²) in [5.74, 6) is -0.378. The number of anilines is 2. The molecule has 7 nitrogen and oxygen atoms in total. The first-order valence-electron chi connectivity index (χ1n) is 8.23. The van der Waals surface area contributed by atoms with E-state index in [0.717, 1.165) is 17.7 Å². The number of unbranched alkanes of at least 4 members (excludes halogenated alkanes) is 1. The maximum atomic E-state index is 12.6. The zero-order chi connectivity index (χ0) is 20.1. The van der Waals surface area contributed by atoms with Crippen LogP contribution in [-0.2, 0) is 11.3 Å². The maximum absolute atomic E-state index is 12.6. The number of hydrogen-bond donors (Lipinski definition) is 2. The van der Waals surface area contributed by atoms with Gasteiger partial charge in [0, 0.05) is 23.5 Å². The lowest BCUT2D eigenvalue weighted by atomic mass is 10.3. The summed E-state index contributed by atoms with van der Waals surface area (Å²) in [4.78, 5) is 40.8. The molecule has 10 heteroatoms. The van der Waals surface area contributed by atoms with Crippen molar-refractivity contribution >= 4 is 52.4 Å². The largest absolute Gasteiger partial charge is 0.383 e. The summed E-state index contributed by atoms with van der Waals surface area (Å²) in [5, 5.41) is 0.983. The zero-order valence-corrected chi connectivity index (χ0v) is 17.2. The Balaban J connectivity index is 2.24. The van der Waals surface area contributed by atoms with Crippen molar-refractivity contribution in [3.8, 4) is 0 Å². The first kappa shape index (κ1) is 21.4. The molecule has 1 aromatic carbocycles. The number of rotatable bonds is 7. The Hall–Kier alpha value is -1.90. The van der Waals surface area contributed by atoms with Gasteiger partial charge in [0.15, 0.2) is 5.69 Å². The predicted molar refractivity (Wildman–Crippen MR) is 111 cm³/mol. The van der Waals surface area contributed by atoms with Gasteiger partial charge in [0.05, 0.1) is 10.8 Å². The number of amides is 1. The van der Waals surface area contributed by atoms with Crippen LogP contribution in [0, 0.1) is 0 Å². The second-order valence-corrected chi connectivity index (χ2v) is 7.68. The molecule has 0 bridgehead atoms. The highest BCUT2D eigenvalue weighted by atomic mass is 35.5. The van der Waals surface area contributed by atoms with Gasteiger partial charge < -0.3 is 10.6 Å². The SMILES string of the molecule is CCCCn1c(N)c(N(C)C(=O)CSc2cc(Cl)ccc2Cl)c(=O)[nH]c1=O. The van der Waals surface area contributed by atoms with Crippen LogP contribution in [0.25, 0.3) is 0 Å². The van der Waals surface area contributed by atoms with E-state index in [9.17, 15) is 14.4 Å². The highest BCUT2D eigenvalue weighted by Gasteiger charge is 2.21. The van der Waals surface area contributed by atoms with Gasteiger partial charge in [-0.2, -0.15) is 0 Å². The highest BCUT2D eigenvalue weighted by molar-refractivity contribution is 8.00. The third-order valence-corrected chi connectivity index (χ3v) is 5.62. The van der Waals surface area contributed by atoms with Crippen LogP contribution in [0.1, 0.15) is 19.8 Å². The number of nitrogens with one attached hydrogen (secondary N) is 1. The molecule has 0 aliphatic heterocycles. The van der Waals surface area contributed by atoms with Gasteiger partial charge in [-0.3, -0.25) is 19.1 Å². The van der Waals surface area contributed by atoms with Gasteiger partial charge in [0.25, 0.3) is 5.56 Å². The number of hydrogen-bond acceptors (Lipinski definition) is 5. The molecule has 0 spiro atoms. The summed E-state index contributed by atoms with van der Waals surface area (Å²) in [6.45, 7) is 2.33. The smallest absolute Gasteiger partial charge is 0.330 e. The van der Waals surface area contributed by atoms with Crippen molar-refractivity contribution in [2.75, 3.05) is 23.4 Å². The van der Waals surface area contributed by atoms with Crippen molar-refractivity contribution in [1.82, 2.24) is 9.55 Å². The van der Waals surface area contributed by atoms with Crippen LogP contribution in [0.5, 0.6) is 0 Å². The van der Waals surface area contributed by atoms with Crippen molar-refractivity contribution in [2.24, 2.45) is 0 Å². The van der Waals surface area contributed by atoms with Crippen molar-refractivity contribution < 1.29 is 4.79 Å². The molecule has 27 heavy (non-hydrogen) atoms. The van der Waals surface area contributed by atoms with Gasteiger partial charge >= 0.3 is 5.69 Å². The molecule has 0 aliphatic rings. The third kappa shape index (κ3) is 5.09. The second kappa shape index (κ2) is 9.34.